The molecule has 188 valence electrons. The lowest BCUT2D eigenvalue weighted by Crippen LogP contribution is -2.50. The fourth-order valence-electron chi connectivity index (χ4n) is 5.55. The van der Waals surface area contributed by atoms with Gasteiger partial charge in [0.1, 0.15) is 11.9 Å². The number of rotatable bonds is 9. The molecule has 0 spiro atoms. The average Bonchev–Trinajstić information content (AvgIpc) is 3.55. The van der Waals surface area contributed by atoms with Gasteiger partial charge in [-0.2, -0.15) is 0 Å². The molecule has 2 aliphatic carbocycles. The first-order chi connectivity index (χ1) is 17.0. The van der Waals surface area contributed by atoms with Crippen molar-refractivity contribution in [1.29, 1.82) is 0 Å². The van der Waals surface area contributed by atoms with Crippen molar-refractivity contribution in [2.45, 2.75) is 50.7 Å². The summed E-state index contributed by atoms with van der Waals surface area (Å²) >= 11 is 0. The number of unbranched alkanes of at least 4 members (excludes halogenated alkanes) is 1. The fraction of sp³-hybridized carbons (Fsp3) is 0.538. The highest BCUT2D eigenvalue weighted by molar-refractivity contribution is 5.67. The van der Waals surface area contributed by atoms with Gasteiger partial charge in [0.05, 0.1) is 6.54 Å². The Balaban J connectivity index is 1.27. The Morgan fingerprint density at radius 1 is 1.11 bits per heavy atom. The van der Waals surface area contributed by atoms with Gasteiger partial charge in [0.2, 0.25) is 0 Å². The first-order valence-electron chi connectivity index (χ1n) is 12.7. The number of hydrogen-bond acceptors (Lipinski definition) is 7. The lowest BCUT2D eigenvalue weighted by Gasteiger charge is -2.36. The zero-order chi connectivity index (χ0) is 24.4. The molecule has 9 heteroatoms. The number of aromatic hydroxyl groups is 2. The monoisotopic (exact) mass is 481 g/mol. The number of piperazine rings is 1. The van der Waals surface area contributed by atoms with E-state index in [-0.39, 0.29) is 30.1 Å². The highest BCUT2D eigenvalue weighted by atomic mass is 16.6. The molecule has 3 aliphatic rings. The molecular formula is C26H35N5O4. The number of alkyl carbamates (subject to hydrolysis) is 1. The van der Waals surface area contributed by atoms with Crippen LogP contribution in [0.2, 0.25) is 0 Å². The third kappa shape index (κ3) is 4.82. The van der Waals surface area contributed by atoms with E-state index in [9.17, 15) is 15.0 Å². The van der Waals surface area contributed by atoms with Crippen LogP contribution in [0.5, 0.6) is 11.8 Å². The molecular weight excluding hydrogens is 446 g/mol. The van der Waals surface area contributed by atoms with E-state index in [1.807, 2.05) is 18.2 Å². The molecule has 1 aliphatic heterocycles. The maximum absolute atomic E-state index is 12.5. The number of nitrogens with one attached hydrogen (secondary N) is 1. The topological polar surface area (TPSA) is 103 Å². The number of aromatic nitrogens is 2. The molecule has 1 saturated heterocycles. The standard InChI is InChI=1S/C26H35N5O4/c1-2-3-9-28-26(34)35-20(16-29-11-13-30(14-12-29)21-6-4-5-10-27-21)17-31-24(32)22-18-7-8-19(15-18)23(22)25(31)33/h4-8,10,18-20,32-33H,2-3,9,11-17H2,1H3,(H,28,34)/t18-,19?,20?/m0/s1. The molecule has 0 radical (unpaired) electrons. The van der Waals surface area contributed by atoms with Gasteiger partial charge in [-0.15, -0.1) is 0 Å². The van der Waals surface area contributed by atoms with Crippen LogP contribution in [0.15, 0.2) is 36.5 Å². The van der Waals surface area contributed by atoms with Crippen molar-refractivity contribution in [3.63, 3.8) is 0 Å². The van der Waals surface area contributed by atoms with Gasteiger partial charge < -0.3 is 25.2 Å². The van der Waals surface area contributed by atoms with Crippen LogP contribution in [0.1, 0.15) is 49.1 Å². The first-order valence-corrected chi connectivity index (χ1v) is 12.7. The van der Waals surface area contributed by atoms with Crippen molar-refractivity contribution in [3.05, 3.63) is 47.7 Å². The number of fused-ring (bicyclic) bond motifs is 5. The SMILES string of the molecule is CCCCNC(=O)OC(CN1CCN(c2ccccn2)CC1)Cn1c(O)c2c(c1O)[C@H]1C=CC2C1. The summed E-state index contributed by atoms with van der Waals surface area (Å²) in [6.45, 7) is 6.62. The number of carbonyl (C=O) groups is 1. The van der Waals surface area contributed by atoms with Gasteiger partial charge in [-0.05, 0) is 25.0 Å². The van der Waals surface area contributed by atoms with Gasteiger partial charge in [0, 0.05) is 68.4 Å². The third-order valence-electron chi connectivity index (χ3n) is 7.38. The Labute approximate surface area is 206 Å². The Morgan fingerprint density at radius 2 is 1.83 bits per heavy atom. The summed E-state index contributed by atoms with van der Waals surface area (Å²) in [4.78, 5) is 21.5. The molecule has 9 nitrogen and oxygen atoms in total. The molecule has 2 unspecified atom stereocenters. The summed E-state index contributed by atoms with van der Waals surface area (Å²) in [6, 6.07) is 5.92. The Hall–Kier alpha value is -3.20. The summed E-state index contributed by atoms with van der Waals surface area (Å²) in [5.41, 5.74) is 1.65. The van der Waals surface area contributed by atoms with Crippen molar-refractivity contribution < 1.29 is 19.7 Å². The molecule has 1 fully saturated rings. The predicted molar refractivity (Wildman–Crippen MR) is 133 cm³/mol. The number of pyridine rings is 1. The van der Waals surface area contributed by atoms with Gasteiger partial charge in [-0.1, -0.05) is 31.6 Å². The van der Waals surface area contributed by atoms with E-state index in [0.29, 0.717) is 13.1 Å². The summed E-state index contributed by atoms with van der Waals surface area (Å²) in [5, 5.41) is 24.7. The van der Waals surface area contributed by atoms with E-state index in [1.54, 1.807) is 6.20 Å². The Kier molecular flexibility index (Phi) is 6.86. The minimum atomic E-state index is -0.520. The Bertz CT molecular complexity index is 1030. The number of ether oxygens (including phenoxy) is 1. The number of anilines is 1. The minimum Gasteiger partial charge on any atom is -0.494 e. The van der Waals surface area contributed by atoms with Crippen LogP contribution in [0, 0.1) is 0 Å². The van der Waals surface area contributed by atoms with E-state index in [2.05, 4.69) is 39.2 Å². The molecule has 5 rings (SSSR count). The number of carbonyl (C=O) groups excluding carboxylic acids is 1. The van der Waals surface area contributed by atoms with Crippen molar-refractivity contribution >= 4 is 11.9 Å². The maximum atomic E-state index is 12.5. The number of hydrogen-bond donors (Lipinski definition) is 3. The van der Waals surface area contributed by atoms with Crippen LogP contribution in [-0.2, 0) is 11.3 Å². The second kappa shape index (κ2) is 10.2. The number of amides is 1. The molecule has 0 aromatic carbocycles. The first kappa shape index (κ1) is 23.5. The molecule has 3 N–H and O–H groups in total. The molecule has 35 heavy (non-hydrogen) atoms. The van der Waals surface area contributed by atoms with E-state index in [0.717, 1.165) is 62.4 Å². The minimum absolute atomic E-state index is 0.0920. The van der Waals surface area contributed by atoms with Crippen LogP contribution in [-0.4, -0.2) is 76.1 Å². The molecule has 2 aromatic heterocycles. The van der Waals surface area contributed by atoms with Crippen molar-refractivity contribution in [1.82, 2.24) is 19.8 Å². The lowest BCUT2D eigenvalue weighted by atomic mass is 10.0. The van der Waals surface area contributed by atoms with Gasteiger partial charge >= 0.3 is 6.09 Å². The van der Waals surface area contributed by atoms with E-state index in [1.165, 1.54) is 4.57 Å². The normalized spacial score (nSPS) is 21.8. The highest BCUT2D eigenvalue weighted by Gasteiger charge is 2.41. The summed E-state index contributed by atoms with van der Waals surface area (Å²) in [5.74, 6) is 1.45. The van der Waals surface area contributed by atoms with Gasteiger partial charge in [0.25, 0.3) is 0 Å². The zero-order valence-corrected chi connectivity index (χ0v) is 20.3. The van der Waals surface area contributed by atoms with E-state index >= 15 is 0 Å². The number of nitrogens with zero attached hydrogens (tertiary/aromatic N) is 4. The van der Waals surface area contributed by atoms with Crippen LogP contribution < -0.4 is 10.2 Å². The third-order valence-corrected chi connectivity index (χ3v) is 7.38. The van der Waals surface area contributed by atoms with Crippen LogP contribution in [0.25, 0.3) is 0 Å². The van der Waals surface area contributed by atoms with Crippen molar-refractivity contribution in [2.24, 2.45) is 0 Å². The smallest absolute Gasteiger partial charge is 0.407 e. The van der Waals surface area contributed by atoms with Crippen molar-refractivity contribution in [2.75, 3.05) is 44.2 Å². The molecule has 3 heterocycles. The quantitative estimate of drug-likeness (QED) is 0.373. The molecule has 0 saturated carbocycles. The average molecular weight is 482 g/mol. The van der Waals surface area contributed by atoms with Crippen molar-refractivity contribution in [3.8, 4) is 11.8 Å². The number of allylic oxidation sites excluding steroid dienone is 2. The van der Waals surface area contributed by atoms with Gasteiger partial charge in [-0.3, -0.25) is 9.47 Å². The zero-order valence-electron chi connectivity index (χ0n) is 20.3. The molecule has 3 atom stereocenters. The lowest BCUT2D eigenvalue weighted by molar-refractivity contribution is 0.0558. The summed E-state index contributed by atoms with van der Waals surface area (Å²) in [6.07, 6.45) is 7.81. The van der Waals surface area contributed by atoms with E-state index in [4.69, 9.17) is 4.74 Å². The van der Waals surface area contributed by atoms with Gasteiger partial charge in [0.15, 0.2) is 11.8 Å². The van der Waals surface area contributed by atoms with Crippen LogP contribution >= 0.6 is 0 Å². The molecule has 2 bridgehead atoms. The van der Waals surface area contributed by atoms with Crippen LogP contribution in [0.4, 0.5) is 10.6 Å². The molecule has 2 aromatic rings. The second-order valence-corrected chi connectivity index (χ2v) is 9.70. The summed E-state index contributed by atoms with van der Waals surface area (Å²) < 4.78 is 7.34. The van der Waals surface area contributed by atoms with E-state index < -0.39 is 12.2 Å². The Morgan fingerprint density at radius 3 is 2.46 bits per heavy atom. The predicted octanol–water partition coefficient (Wildman–Crippen LogP) is 3.15. The largest absolute Gasteiger partial charge is 0.494 e. The molecule has 1 amide bonds. The maximum Gasteiger partial charge on any atom is 0.407 e. The van der Waals surface area contributed by atoms with Gasteiger partial charge in [-0.25, -0.2) is 9.78 Å². The van der Waals surface area contributed by atoms with Crippen LogP contribution in [0.3, 0.4) is 0 Å². The summed E-state index contributed by atoms with van der Waals surface area (Å²) in [7, 11) is 0. The highest BCUT2D eigenvalue weighted by Crippen LogP contribution is 2.56. The fourth-order valence-corrected chi connectivity index (χ4v) is 5.55. The second-order valence-electron chi connectivity index (χ2n) is 9.70.